The summed E-state index contributed by atoms with van der Waals surface area (Å²) in [5.41, 5.74) is 3.07. The molecule has 170 valence electrons. The molecule has 0 unspecified atom stereocenters. The van der Waals surface area contributed by atoms with E-state index >= 15 is 0 Å². The fraction of sp³-hybridized carbons (Fsp3) is 0.435. The van der Waals surface area contributed by atoms with E-state index in [1.54, 1.807) is 24.3 Å². The number of nitrogens with one attached hydrogen (secondary N) is 1. The average molecular weight is 458 g/mol. The van der Waals surface area contributed by atoms with Crippen LogP contribution in [-0.2, 0) is 27.7 Å². The second kappa shape index (κ2) is 8.73. The maximum absolute atomic E-state index is 13.1. The summed E-state index contributed by atoms with van der Waals surface area (Å²) < 4.78 is 38.7. The number of hydrogen-bond acceptors (Lipinski definition) is 6. The minimum Gasteiger partial charge on any atom is -0.486 e. The summed E-state index contributed by atoms with van der Waals surface area (Å²) in [5, 5.41) is 2.88. The largest absolute Gasteiger partial charge is 0.486 e. The number of fused-ring (bicyclic) bond motifs is 2. The summed E-state index contributed by atoms with van der Waals surface area (Å²) in [6, 6.07) is 10.8. The number of piperazine rings is 1. The first kappa shape index (κ1) is 21.2. The third-order valence-electron chi connectivity index (χ3n) is 6.23. The van der Waals surface area contributed by atoms with E-state index in [1.807, 2.05) is 17.0 Å². The van der Waals surface area contributed by atoms with Gasteiger partial charge in [-0.3, -0.25) is 9.69 Å². The minimum atomic E-state index is -3.51. The molecule has 0 bridgehead atoms. The fourth-order valence-electron chi connectivity index (χ4n) is 4.51. The van der Waals surface area contributed by atoms with Crippen molar-refractivity contribution in [3.63, 3.8) is 0 Å². The smallest absolute Gasteiger partial charge is 0.243 e. The van der Waals surface area contributed by atoms with Crippen LogP contribution in [0.15, 0.2) is 41.3 Å². The second-order valence-corrected chi connectivity index (χ2v) is 10.3. The molecule has 2 aromatic carbocycles. The lowest BCUT2D eigenvalue weighted by atomic mass is 10.1. The van der Waals surface area contributed by atoms with Gasteiger partial charge >= 0.3 is 0 Å². The van der Waals surface area contributed by atoms with E-state index in [9.17, 15) is 13.2 Å². The Morgan fingerprint density at radius 3 is 2.47 bits per heavy atom. The number of nitrogens with zero attached hydrogens (tertiary/aromatic N) is 2. The molecule has 2 aliphatic heterocycles. The van der Waals surface area contributed by atoms with Crippen molar-refractivity contribution < 1.29 is 22.7 Å². The number of aryl methyl sites for hydroxylation is 2. The number of rotatable bonds is 5. The van der Waals surface area contributed by atoms with Crippen molar-refractivity contribution in [2.24, 2.45) is 0 Å². The van der Waals surface area contributed by atoms with Gasteiger partial charge in [0.25, 0.3) is 0 Å². The molecule has 2 heterocycles. The van der Waals surface area contributed by atoms with E-state index in [2.05, 4.69) is 5.32 Å². The Hall–Kier alpha value is -2.62. The van der Waals surface area contributed by atoms with E-state index < -0.39 is 10.0 Å². The first-order valence-electron chi connectivity index (χ1n) is 11.0. The normalized spacial score (nSPS) is 18.9. The van der Waals surface area contributed by atoms with Gasteiger partial charge in [0.1, 0.15) is 13.2 Å². The van der Waals surface area contributed by atoms with E-state index in [1.165, 1.54) is 9.87 Å². The van der Waals surface area contributed by atoms with Crippen LogP contribution in [-0.4, -0.2) is 69.5 Å². The van der Waals surface area contributed by atoms with Crippen LogP contribution < -0.4 is 14.8 Å². The van der Waals surface area contributed by atoms with Crippen molar-refractivity contribution >= 4 is 21.6 Å². The van der Waals surface area contributed by atoms with Crippen LogP contribution >= 0.6 is 0 Å². The Kier molecular flexibility index (Phi) is 5.79. The molecule has 1 N–H and O–H groups in total. The molecule has 1 saturated heterocycles. The molecule has 5 rings (SSSR count). The summed E-state index contributed by atoms with van der Waals surface area (Å²) in [4.78, 5) is 14.9. The molecule has 0 spiro atoms. The SMILES string of the molecule is O=C(CN1CCN(S(=O)(=O)c2ccc3c(c2)CCC3)CC1)Nc1ccc2c(c1)OCCO2. The van der Waals surface area contributed by atoms with Crippen LogP contribution in [0.1, 0.15) is 17.5 Å². The monoisotopic (exact) mass is 457 g/mol. The van der Waals surface area contributed by atoms with Gasteiger partial charge < -0.3 is 14.8 Å². The predicted molar refractivity (Wildman–Crippen MR) is 120 cm³/mol. The minimum absolute atomic E-state index is 0.142. The van der Waals surface area contributed by atoms with Gasteiger partial charge in [0, 0.05) is 37.9 Å². The molecule has 1 amide bonds. The first-order valence-corrected chi connectivity index (χ1v) is 12.5. The number of sulfonamides is 1. The summed E-state index contributed by atoms with van der Waals surface area (Å²) >= 11 is 0. The van der Waals surface area contributed by atoms with Crippen molar-refractivity contribution in [1.29, 1.82) is 0 Å². The topological polar surface area (TPSA) is 88.2 Å². The molecule has 8 nitrogen and oxygen atoms in total. The van der Waals surface area contributed by atoms with Crippen molar-refractivity contribution in [2.45, 2.75) is 24.2 Å². The maximum atomic E-state index is 13.1. The lowest BCUT2D eigenvalue weighted by molar-refractivity contribution is -0.117. The number of hydrogen-bond donors (Lipinski definition) is 1. The van der Waals surface area contributed by atoms with Gasteiger partial charge in [-0.15, -0.1) is 0 Å². The van der Waals surface area contributed by atoms with Crippen LogP contribution in [0.5, 0.6) is 11.5 Å². The van der Waals surface area contributed by atoms with Gasteiger partial charge in [0.2, 0.25) is 15.9 Å². The Balaban J connectivity index is 1.16. The average Bonchev–Trinajstić information content (AvgIpc) is 3.27. The number of anilines is 1. The van der Waals surface area contributed by atoms with Gasteiger partial charge in [-0.05, 0) is 54.7 Å². The zero-order valence-electron chi connectivity index (χ0n) is 17.9. The molecular weight excluding hydrogens is 430 g/mol. The first-order chi connectivity index (χ1) is 15.5. The van der Waals surface area contributed by atoms with Crippen LogP contribution in [0.4, 0.5) is 5.69 Å². The van der Waals surface area contributed by atoms with Gasteiger partial charge in [-0.1, -0.05) is 6.07 Å². The van der Waals surface area contributed by atoms with Gasteiger partial charge in [0.05, 0.1) is 11.4 Å². The van der Waals surface area contributed by atoms with Crippen molar-refractivity contribution in [3.8, 4) is 11.5 Å². The highest BCUT2D eigenvalue weighted by molar-refractivity contribution is 7.89. The van der Waals surface area contributed by atoms with Crippen LogP contribution in [0.2, 0.25) is 0 Å². The molecular formula is C23H27N3O5S. The van der Waals surface area contributed by atoms with Gasteiger partial charge in [0.15, 0.2) is 11.5 Å². The summed E-state index contributed by atoms with van der Waals surface area (Å²) in [5.74, 6) is 1.16. The maximum Gasteiger partial charge on any atom is 0.243 e. The molecule has 32 heavy (non-hydrogen) atoms. The Bertz CT molecular complexity index is 1130. The molecule has 0 radical (unpaired) electrons. The van der Waals surface area contributed by atoms with E-state index in [0.29, 0.717) is 61.5 Å². The number of carbonyl (C=O) groups excluding carboxylic acids is 1. The van der Waals surface area contributed by atoms with E-state index in [0.717, 1.165) is 24.8 Å². The lowest BCUT2D eigenvalue weighted by Crippen LogP contribution is -2.50. The number of ether oxygens (including phenoxy) is 2. The van der Waals surface area contributed by atoms with Crippen molar-refractivity contribution in [1.82, 2.24) is 9.21 Å². The highest BCUT2D eigenvalue weighted by atomic mass is 32.2. The Morgan fingerprint density at radius 1 is 0.906 bits per heavy atom. The second-order valence-electron chi connectivity index (χ2n) is 8.37. The molecule has 1 fully saturated rings. The quantitative estimate of drug-likeness (QED) is 0.738. The summed E-state index contributed by atoms with van der Waals surface area (Å²) in [6.07, 6.45) is 3.07. The molecule has 0 aromatic heterocycles. The van der Waals surface area contributed by atoms with E-state index in [4.69, 9.17) is 9.47 Å². The summed E-state index contributed by atoms with van der Waals surface area (Å²) in [7, 11) is -3.51. The lowest BCUT2D eigenvalue weighted by Gasteiger charge is -2.33. The Morgan fingerprint density at radius 2 is 1.66 bits per heavy atom. The van der Waals surface area contributed by atoms with Crippen molar-refractivity contribution in [3.05, 3.63) is 47.5 Å². The molecule has 0 atom stereocenters. The fourth-order valence-corrected chi connectivity index (χ4v) is 5.98. The zero-order chi connectivity index (χ0) is 22.1. The molecule has 1 aliphatic carbocycles. The number of carbonyl (C=O) groups is 1. The highest BCUT2D eigenvalue weighted by Gasteiger charge is 2.30. The van der Waals surface area contributed by atoms with Gasteiger partial charge in [-0.2, -0.15) is 4.31 Å². The molecule has 9 heteroatoms. The molecule has 2 aromatic rings. The highest BCUT2D eigenvalue weighted by Crippen LogP contribution is 2.32. The summed E-state index contributed by atoms with van der Waals surface area (Å²) in [6.45, 7) is 2.99. The third kappa shape index (κ3) is 4.32. The zero-order valence-corrected chi connectivity index (χ0v) is 18.7. The standard InChI is InChI=1S/C23H27N3O5S/c27-23(24-19-5-7-21-22(15-19)31-13-12-30-21)16-25-8-10-26(11-9-25)32(28,29)20-6-4-17-2-1-3-18(17)14-20/h4-7,14-15H,1-3,8-13,16H2,(H,24,27). The van der Waals surface area contributed by atoms with Crippen LogP contribution in [0.25, 0.3) is 0 Å². The number of benzene rings is 2. The molecule has 0 saturated carbocycles. The van der Waals surface area contributed by atoms with Crippen LogP contribution in [0.3, 0.4) is 0 Å². The number of amides is 1. The van der Waals surface area contributed by atoms with Crippen molar-refractivity contribution in [2.75, 3.05) is 51.3 Å². The predicted octanol–water partition coefficient (Wildman–Crippen LogP) is 1.89. The molecule has 3 aliphatic rings. The van der Waals surface area contributed by atoms with Gasteiger partial charge in [-0.25, -0.2) is 8.42 Å². The Labute approximate surface area is 188 Å². The van der Waals surface area contributed by atoms with Crippen LogP contribution in [0, 0.1) is 0 Å². The van der Waals surface area contributed by atoms with E-state index in [-0.39, 0.29) is 12.5 Å². The third-order valence-corrected chi connectivity index (χ3v) is 8.13.